The van der Waals surface area contributed by atoms with Gasteiger partial charge in [0.1, 0.15) is 0 Å². The Kier molecular flexibility index (Phi) is 7.16. The maximum Gasteiger partial charge on any atom is 0.269 e. The van der Waals surface area contributed by atoms with Crippen molar-refractivity contribution in [3.05, 3.63) is 69.8 Å². The molecule has 1 amide bonds. The fraction of sp³-hybridized carbons (Fsp3) is 0.381. The minimum atomic E-state index is -0.383. The quantitative estimate of drug-likeness (QED) is 0.526. The number of non-ortho nitro benzene ring substituents is 1. The summed E-state index contributed by atoms with van der Waals surface area (Å²) < 4.78 is 0. The Morgan fingerprint density at radius 2 is 1.93 bits per heavy atom. The SMILES string of the molecule is CC(=O)N(C)c1ccc([N+](=O)[O-])cc1C(C)N1CCCC1c1ccccc1.Cl. The van der Waals surface area contributed by atoms with E-state index in [4.69, 9.17) is 0 Å². The van der Waals surface area contributed by atoms with Crippen LogP contribution in [0.15, 0.2) is 48.5 Å². The van der Waals surface area contributed by atoms with Gasteiger partial charge in [-0.3, -0.25) is 19.8 Å². The van der Waals surface area contributed by atoms with Gasteiger partial charge in [-0.25, -0.2) is 0 Å². The molecule has 1 aliphatic heterocycles. The van der Waals surface area contributed by atoms with Crippen molar-refractivity contribution < 1.29 is 9.72 Å². The molecule has 1 fully saturated rings. The number of carbonyl (C=O) groups is 1. The third kappa shape index (κ3) is 4.34. The highest BCUT2D eigenvalue weighted by atomic mass is 35.5. The number of hydrogen-bond acceptors (Lipinski definition) is 4. The Labute approximate surface area is 171 Å². The summed E-state index contributed by atoms with van der Waals surface area (Å²) in [7, 11) is 1.71. The number of halogens is 1. The average Bonchev–Trinajstić information content (AvgIpc) is 3.16. The van der Waals surface area contributed by atoms with Gasteiger partial charge in [0.05, 0.1) is 4.92 Å². The number of nitrogens with zero attached hydrogens (tertiary/aromatic N) is 3. The Morgan fingerprint density at radius 3 is 2.54 bits per heavy atom. The van der Waals surface area contributed by atoms with Crippen LogP contribution >= 0.6 is 12.4 Å². The summed E-state index contributed by atoms with van der Waals surface area (Å²) in [5.74, 6) is -0.0988. The molecule has 2 atom stereocenters. The van der Waals surface area contributed by atoms with E-state index in [1.54, 1.807) is 24.1 Å². The molecule has 0 bridgehead atoms. The van der Waals surface area contributed by atoms with E-state index in [1.165, 1.54) is 18.6 Å². The summed E-state index contributed by atoms with van der Waals surface area (Å²) in [4.78, 5) is 26.8. The molecule has 0 N–H and O–H groups in total. The van der Waals surface area contributed by atoms with E-state index >= 15 is 0 Å². The van der Waals surface area contributed by atoms with Gasteiger partial charge in [0.15, 0.2) is 0 Å². The lowest BCUT2D eigenvalue weighted by Crippen LogP contribution is -2.30. The number of amides is 1. The Balaban J connectivity index is 0.00000280. The monoisotopic (exact) mass is 403 g/mol. The van der Waals surface area contributed by atoms with E-state index in [0.29, 0.717) is 0 Å². The molecule has 2 aromatic carbocycles. The molecule has 3 rings (SSSR count). The van der Waals surface area contributed by atoms with Gasteiger partial charge in [0.25, 0.3) is 5.69 Å². The second-order valence-electron chi connectivity index (χ2n) is 7.06. The molecule has 28 heavy (non-hydrogen) atoms. The van der Waals surface area contributed by atoms with Crippen molar-refractivity contribution in [3.63, 3.8) is 0 Å². The van der Waals surface area contributed by atoms with E-state index in [0.717, 1.165) is 30.6 Å². The van der Waals surface area contributed by atoms with E-state index in [9.17, 15) is 14.9 Å². The first-order chi connectivity index (χ1) is 12.9. The molecule has 6 nitrogen and oxygen atoms in total. The molecule has 150 valence electrons. The Morgan fingerprint density at radius 1 is 1.25 bits per heavy atom. The Bertz CT molecular complexity index is 844. The first-order valence-corrected chi connectivity index (χ1v) is 9.23. The van der Waals surface area contributed by atoms with Crippen LogP contribution in [0.3, 0.4) is 0 Å². The molecule has 0 radical (unpaired) electrons. The number of likely N-dealkylation sites (tertiary alicyclic amines) is 1. The van der Waals surface area contributed by atoms with Crippen LogP contribution in [0.2, 0.25) is 0 Å². The van der Waals surface area contributed by atoms with Crippen LogP contribution in [0.1, 0.15) is 49.9 Å². The van der Waals surface area contributed by atoms with Crippen molar-refractivity contribution in [3.8, 4) is 0 Å². The van der Waals surface area contributed by atoms with Gasteiger partial charge in [-0.05, 0) is 43.5 Å². The predicted molar refractivity (Wildman–Crippen MR) is 113 cm³/mol. The first kappa shape index (κ1) is 21.9. The molecule has 0 aromatic heterocycles. The van der Waals surface area contributed by atoms with Crippen LogP contribution in [0.5, 0.6) is 0 Å². The maximum absolute atomic E-state index is 11.9. The minimum absolute atomic E-state index is 0. The zero-order chi connectivity index (χ0) is 19.6. The molecule has 1 heterocycles. The number of hydrogen-bond donors (Lipinski definition) is 0. The lowest BCUT2D eigenvalue weighted by atomic mass is 9.99. The molecule has 0 spiro atoms. The highest BCUT2D eigenvalue weighted by Crippen LogP contribution is 2.41. The second kappa shape index (κ2) is 9.17. The summed E-state index contributed by atoms with van der Waals surface area (Å²) in [5, 5.41) is 11.3. The molecule has 2 unspecified atom stereocenters. The largest absolute Gasteiger partial charge is 0.315 e. The predicted octanol–water partition coefficient (Wildman–Crippen LogP) is 4.90. The van der Waals surface area contributed by atoms with Gasteiger partial charge in [0.2, 0.25) is 5.91 Å². The van der Waals surface area contributed by atoms with Gasteiger partial charge in [-0.15, -0.1) is 12.4 Å². The molecular formula is C21H26ClN3O3. The average molecular weight is 404 g/mol. The first-order valence-electron chi connectivity index (χ1n) is 9.23. The van der Waals surface area contributed by atoms with Crippen LogP contribution < -0.4 is 4.90 Å². The molecular weight excluding hydrogens is 378 g/mol. The van der Waals surface area contributed by atoms with Gasteiger partial charge < -0.3 is 4.90 Å². The zero-order valence-electron chi connectivity index (χ0n) is 16.4. The lowest BCUT2D eigenvalue weighted by Gasteiger charge is -2.33. The van der Waals surface area contributed by atoms with Gasteiger partial charge >= 0.3 is 0 Å². The summed E-state index contributed by atoms with van der Waals surface area (Å²) >= 11 is 0. The molecule has 1 saturated heterocycles. The Hall–Kier alpha value is -2.44. The van der Waals surface area contributed by atoms with Crippen molar-refractivity contribution in [2.24, 2.45) is 0 Å². The van der Waals surface area contributed by atoms with Crippen LogP contribution in [0.4, 0.5) is 11.4 Å². The highest BCUT2D eigenvalue weighted by Gasteiger charge is 2.32. The van der Waals surface area contributed by atoms with Crippen molar-refractivity contribution >= 4 is 29.7 Å². The number of rotatable bonds is 5. The standard InChI is InChI=1S/C21H25N3O3.ClH/c1-15(23-13-7-10-20(23)17-8-5-4-6-9-17)19-14-18(24(26)27)11-12-21(19)22(3)16(2)25;/h4-6,8-9,11-12,14-15,20H,7,10,13H2,1-3H3;1H. The maximum atomic E-state index is 11.9. The minimum Gasteiger partial charge on any atom is -0.315 e. The van der Waals surface area contributed by atoms with Crippen molar-refractivity contribution in [2.75, 3.05) is 18.5 Å². The van der Waals surface area contributed by atoms with Crippen LogP contribution in [0, 0.1) is 10.1 Å². The molecule has 0 saturated carbocycles. The third-order valence-corrected chi connectivity index (χ3v) is 5.48. The summed E-state index contributed by atoms with van der Waals surface area (Å²) in [5.41, 5.74) is 2.84. The van der Waals surface area contributed by atoms with E-state index in [2.05, 4.69) is 24.0 Å². The topological polar surface area (TPSA) is 66.7 Å². The second-order valence-corrected chi connectivity index (χ2v) is 7.06. The normalized spacial score (nSPS) is 17.6. The smallest absolute Gasteiger partial charge is 0.269 e. The van der Waals surface area contributed by atoms with Gasteiger partial charge in [-0.2, -0.15) is 0 Å². The van der Waals surface area contributed by atoms with Crippen molar-refractivity contribution in [1.82, 2.24) is 4.90 Å². The van der Waals surface area contributed by atoms with E-state index in [-0.39, 0.29) is 41.0 Å². The zero-order valence-corrected chi connectivity index (χ0v) is 17.2. The fourth-order valence-electron chi connectivity index (χ4n) is 3.93. The van der Waals surface area contributed by atoms with Crippen LogP contribution in [-0.4, -0.2) is 29.3 Å². The molecule has 0 aliphatic carbocycles. The highest BCUT2D eigenvalue weighted by molar-refractivity contribution is 5.92. The number of nitro groups is 1. The fourth-order valence-corrected chi connectivity index (χ4v) is 3.93. The number of anilines is 1. The number of benzene rings is 2. The lowest BCUT2D eigenvalue weighted by molar-refractivity contribution is -0.384. The number of carbonyl (C=O) groups excluding carboxylic acids is 1. The number of nitro benzene ring substituents is 1. The van der Waals surface area contributed by atoms with Gasteiger partial charge in [-0.1, -0.05) is 30.3 Å². The van der Waals surface area contributed by atoms with Crippen LogP contribution in [0.25, 0.3) is 0 Å². The van der Waals surface area contributed by atoms with Crippen molar-refractivity contribution in [2.45, 2.75) is 38.8 Å². The summed E-state index contributed by atoms with van der Waals surface area (Å²) in [6, 6.07) is 15.3. The van der Waals surface area contributed by atoms with E-state index < -0.39 is 0 Å². The summed E-state index contributed by atoms with van der Waals surface area (Å²) in [6.07, 6.45) is 2.14. The molecule has 2 aromatic rings. The third-order valence-electron chi connectivity index (χ3n) is 5.48. The van der Waals surface area contributed by atoms with Gasteiger partial charge in [0, 0.05) is 43.9 Å². The molecule has 1 aliphatic rings. The molecule has 7 heteroatoms. The van der Waals surface area contributed by atoms with Crippen LogP contribution in [-0.2, 0) is 4.79 Å². The summed E-state index contributed by atoms with van der Waals surface area (Å²) in [6.45, 7) is 4.49. The van der Waals surface area contributed by atoms with E-state index in [1.807, 2.05) is 18.2 Å². The van der Waals surface area contributed by atoms with Crippen molar-refractivity contribution in [1.29, 1.82) is 0 Å².